The van der Waals surface area contributed by atoms with E-state index in [9.17, 15) is 4.79 Å². The van der Waals surface area contributed by atoms with Crippen LogP contribution < -0.4 is 5.32 Å². The summed E-state index contributed by atoms with van der Waals surface area (Å²) in [6, 6.07) is 5.27. The summed E-state index contributed by atoms with van der Waals surface area (Å²) in [5, 5.41) is 10.3. The monoisotopic (exact) mass is 425 g/mol. The number of nitrogens with zero attached hydrogens (tertiary/aromatic N) is 4. The van der Waals surface area contributed by atoms with E-state index in [-0.39, 0.29) is 5.91 Å². The zero-order chi connectivity index (χ0) is 19.4. The molecule has 1 aromatic carbocycles. The number of hydrogen-bond acceptors (Lipinski definition) is 5. The summed E-state index contributed by atoms with van der Waals surface area (Å²) in [5.41, 5.74) is 1.56. The molecule has 0 spiro atoms. The molecule has 6 nitrogen and oxygen atoms in total. The SMILES string of the molecule is CCCCN(C)CCC(=O)Nc1nc2scc(-c3cc(Cl)ccc3Cl)n2n1. The summed E-state index contributed by atoms with van der Waals surface area (Å²) in [6.45, 7) is 3.85. The number of carbonyl (C=O) groups excluding carboxylic acids is 1. The van der Waals surface area contributed by atoms with Gasteiger partial charge in [0.05, 0.1) is 10.7 Å². The molecule has 9 heteroatoms. The van der Waals surface area contributed by atoms with Crippen molar-refractivity contribution in [3.8, 4) is 11.3 Å². The molecule has 0 fully saturated rings. The molecule has 3 aromatic rings. The third-order valence-corrected chi connectivity index (χ3v) is 5.53. The highest BCUT2D eigenvalue weighted by Gasteiger charge is 2.15. The van der Waals surface area contributed by atoms with E-state index in [1.54, 1.807) is 22.7 Å². The largest absolute Gasteiger partial charge is 0.306 e. The zero-order valence-electron chi connectivity index (χ0n) is 15.2. The minimum absolute atomic E-state index is 0.0982. The van der Waals surface area contributed by atoms with Crippen LogP contribution in [0.2, 0.25) is 10.0 Å². The summed E-state index contributed by atoms with van der Waals surface area (Å²) in [7, 11) is 2.02. The number of unbranched alkanes of at least 4 members (excludes halogenated alkanes) is 1. The minimum atomic E-state index is -0.0982. The third-order valence-electron chi connectivity index (χ3n) is 4.15. The maximum absolute atomic E-state index is 12.2. The van der Waals surface area contributed by atoms with Crippen molar-refractivity contribution < 1.29 is 4.79 Å². The van der Waals surface area contributed by atoms with Gasteiger partial charge in [0.25, 0.3) is 0 Å². The molecule has 3 rings (SSSR count). The molecule has 0 aliphatic heterocycles. The molecule has 0 atom stereocenters. The van der Waals surface area contributed by atoms with Crippen LogP contribution in [0.25, 0.3) is 16.2 Å². The van der Waals surface area contributed by atoms with Gasteiger partial charge in [0.1, 0.15) is 0 Å². The summed E-state index contributed by atoms with van der Waals surface area (Å²) in [5.74, 6) is 0.196. The first-order chi connectivity index (χ1) is 13.0. The van der Waals surface area contributed by atoms with E-state index in [2.05, 4.69) is 27.2 Å². The molecule has 0 saturated heterocycles. The van der Waals surface area contributed by atoms with Gasteiger partial charge in [0, 0.05) is 28.9 Å². The van der Waals surface area contributed by atoms with Crippen LogP contribution in [0.1, 0.15) is 26.2 Å². The normalized spacial score (nSPS) is 11.4. The van der Waals surface area contributed by atoms with Crippen molar-refractivity contribution in [1.82, 2.24) is 19.5 Å². The molecule has 2 aromatic heterocycles. The Hall–Kier alpha value is -1.67. The van der Waals surface area contributed by atoms with E-state index in [0.29, 0.717) is 33.9 Å². The van der Waals surface area contributed by atoms with Crippen LogP contribution in [0.5, 0.6) is 0 Å². The smallest absolute Gasteiger partial charge is 0.250 e. The maximum atomic E-state index is 12.2. The van der Waals surface area contributed by atoms with Gasteiger partial charge in [0.15, 0.2) is 0 Å². The average Bonchev–Trinajstić information content (AvgIpc) is 3.20. The summed E-state index contributed by atoms with van der Waals surface area (Å²) < 4.78 is 1.67. The number of rotatable bonds is 8. The lowest BCUT2D eigenvalue weighted by Gasteiger charge is -2.15. The number of thiazole rings is 1. The quantitative estimate of drug-likeness (QED) is 0.561. The molecule has 144 valence electrons. The number of anilines is 1. The number of benzene rings is 1. The Morgan fingerprint density at radius 2 is 2.15 bits per heavy atom. The number of fused-ring (bicyclic) bond motifs is 1. The Balaban J connectivity index is 1.70. The minimum Gasteiger partial charge on any atom is -0.306 e. The molecule has 27 heavy (non-hydrogen) atoms. The van der Waals surface area contributed by atoms with Gasteiger partial charge in [-0.15, -0.1) is 16.4 Å². The van der Waals surface area contributed by atoms with E-state index < -0.39 is 0 Å². The number of carbonyl (C=O) groups is 1. The van der Waals surface area contributed by atoms with Gasteiger partial charge < -0.3 is 4.90 Å². The summed E-state index contributed by atoms with van der Waals surface area (Å²) in [4.78, 5) is 19.4. The summed E-state index contributed by atoms with van der Waals surface area (Å²) in [6.07, 6.45) is 2.68. The van der Waals surface area contributed by atoms with Crippen LogP contribution in [-0.2, 0) is 4.79 Å². The highest BCUT2D eigenvalue weighted by atomic mass is 35.5. The Morgan fingerprint density at radius 1 is 1.33 bits per heavy atom. The predicted molar refractivity (Wildman–Crippen MR) is 112 cm³/mol. The van der Waals surface area contributed by atoms with Crippen LogP contribution in [-0.4, -0.2) is 45.5 Å². The standard InChI is InChI=1S/C18H21Cl2N5OS/c1-3-4-8-24(2)9-7-16(26)21-17-22-18-25(23-17)15(11-27-18)13-10-12(19)5-6-14(13)20/h5-6,10-11H,3-4,7-9H2,1-2H3,(H,21,23,26). The van der Waals surface area contributed by atoms with Gasteiger partial charge in [-0.05, 0) is 38.2 Å². The van der Waals surface area contributed by atoms with Gasteiger partial charge in [-0.2, -0.15) is 4.98 Å². The number of hydrogen-bond donors (Lipinski definition) is 1. The highest BCUT2D eigenvalue weighted by Crippen LogP contribution is 2.33. The second-order valence-electron chi connectivity index (χ2n) is 6.33. The van der Waals surface area contributed by atoms with Crippen LogP contribution in [0.3, 0.4) is 0 Å². The van der Waals surface area contributed by atoms with Crippen LogP contribution in [0.4, 0.5) is 5.95 Å². The van der Waals surface area contributed by atoms with Gasteiger partial charge in [-0.3, -0.25) is 10.1 Å². The highest BCUT2D eigenvalue weighted by molar-refractivity contribution is 7.15. The molecule has 1 amide bonds. The molecule has 0 radical (unpaired) electrons. The first-order valence-electron chi connectivity index (χ1n) is 8.76. The lowest BCUT2D eigenvalue weighted by Crippen LogP contribution is -2.25. The van der Waals surface area contributed by atoms with E-state index in [0.717, 1.165) is 30.6 Å². The fraction of sp³-hybridized carbons (Fsp3) is 0.389. The molecule has 0 bridgehead atoms. The second kappa shape index (κ2) is 9.01. The van der Waals surface area contributed by atoms with Crippen molar-refractivity contribution >= 4 is 51.4 Å². The first kappa shape index (κ1) is 20.1. The zero-order valence-corrected chi connectivity index (χ0v) is 17.5. The first-order valence-corrected chi connectivity index (χ1v) is 10.4. The van der Waals surface area contributed by atoms with Gasteiger partial charge >= 0.3 is 0 Å². The van der Waals surface area contributed by atoms with Gasteiger partial charge in [0.2, 0.25) is 16.8 Å². The van der Waals surface area contributed by atoms with E-state index in [1.165, 1.54) is 11.3 Å². The number of halogens is 2. The van der Waals surface area contributed by atoms with Gasteiger partial charge in [-0.25, -0.2) is 4.52 Å². The number of nitrogens with one attached hydrogen (secondary N) is 1. The van der Waals surface area contributed by atoms with Gasteiger partial charge in [-0.1, -0.05) is 36.5 Å². The third kappa shape index (κ3) is 4.99. The van der Waals surface area contributed by atoms with E-state index in [4.69, 9.17) is 23.2 Å². The lowest BCUT2D eigenvalue weighted by molar-refractivity contribution is -0.116. The predicted octanol–water partition coefficient (Wildman–Crippen LogP) is 4.83. The summed E-state index contributed by atoms with van der Waals surface area (Å²) >= 11 is 13.8. The molecule has 0 aliphatic carbocycles. The molecular weight excluding hydrogens is 405 g/mol. The van der Waals surface area contributed by atoms with Crippen molar-refractivity contribution in [1.29, 1.82) is 0 Å². The number of aromatic nitrogens is 3. The molecule has 0 unspecified atom stereocenters. The Morgan fingerprint density at radius 3 is 2.93 bits per heavy atom. The van der Waals surface area contributed by atoms with Crippen molar-refractivity contribution in [2.45, 2.75) is 26.2 Å². The molecule has 0 aliphatic rings. The molecule has 1 N–H and O–H groups in total. The fourth-order valence-corrected chi connectivity index (χ4v) is 3.84. The van der Waals surface area contributed by atoms with Crippen molar-refractivity contribution in [3.05, 3.63) is 33.6 Å². The number of amides is 1. The van der Waals surface area contributed by atoms with Crippen molar-refractivity contribution in [3.63, 3.8) is 0 Å². The Kier molecular flexibility index (Phi) is 6.70. The Labute approximate surface area is 172 Å². The van der Waals surface area contributed by atoms with E-state index in [1.807, 2.05) is 12.4 Å². The topological polar surface area (TPSA) is 62.5 Å². The van der Waals surface area contributed by atoms with Crippen LogP contribution in [0, 0.1) is 0 Å². The molecule has 0 saturated carbocycles. The molecule has 2 heterocycles. The fourth-order valence-electron chi connectivity index (χ4n) is 2.63. The van der Waals surface area contributed by atoms with E-state index >= 15 is 0 Å². The average molecular weight is 426 g/mol. The van der Waals surface area contributed by atoms with Crippen LogP contribution >= 0.6 is 34.5 Å². The Bertz CT molecular complexity index is 939. The second-order valence-corrected chi connectivity index (χ2v) is 8.01. The maximum Gasteiger partial charge on any atom is 0.250 e. The molecular formula is C18H21Cl2N5OS. The van der Waals surface area contributed by atoms with Crippen LogP contribution in [0.15, 0.2) is 23.6 Å². The lowest BCUT2D eigenvalue weighted by atomic mass is 10.2. The van der Waals surface area contributed by atoms with Crippen molar-refractivity contribution in [2.75, 3.05) is 25.5 Å². The van der Waals surface area contributed by atoms with Crippen molar-refractivity contribution in [2.24, 2.45) is 0 Å².